The second kappa shape index (κ2) is 8.41. The highest BCUT2D eigenvalue weighted by atomic mass is 16.3. The largest absolute Gasteiger partial charge is 0.472 e. The van der Waals surface area contributed by atoms with Crippen LogP contribution in [0.5, 0.6) is 0 Å². The molecule has 0 bridgehead atoms. The Bertz CT molecular complexity index is 566. The van der Waals surface area contributed by atoms with Crippen molar-refractivity contribution in [2.75, 3.05) is 19.6 Å². The van der Waals surface area contributed by atoms with Gasteiger partial charge in [0.1, 0.15) is 0 Å². The van der Waals surface area contributed by atoms with Crippen molar-refractivity contribution < 1.29 is 14.0 Å². The van der Waals surface area contributed by atoms with Crippen LogP contribution in [0.3, 0.4) is 0 Å². The Morgan fingerprint density at radius 2 is 2.08 bits per heavy atom. The van der Waals surface area contributed by atoms with Crippen LogP contribution in [0.2, 0.25) is 0 Å². The maximum Gasteiger partial charge on any atom is 0.317 e. The highest BCUT2D eigenvalue weighted by molar-refractivity contribution is 5.81. The molecule has 1 N–H and O–H groups in total. The van der Waals surface area contributed by atoms with Crippen molar-refractivity contribution in [3.8, 4) is 0 Å². The van der Waals surface area contributed by atoms with Gasteiger partial charge >= 0.3 is 6.03 Å². The molecule has 6 nitrogen and oxygen atoms in total. The molecule has 3 rings (SSSR count). The summed E-state index contributed by atoms with van der Waals surface area (Å²) in [7, 11) is 0. The molecule has 1 aliphatic carbocycles. The highest BCUT2D eigenvalue weighted by Crippen LogP contribution is 2.22. The number of likely N-dealkylation sites (tertiary alicyclic amines) is 1. The number of carbonyl (C=O) groups is 2. The molecular weight excluding hydrogens is 318 g/mol. The molecule has 6 heteroatoms. The van der Waals surface area contributed by atoms with E-state index in [0.29, 0.717) is 25.7 Å². The average molecular weight is 347 g/mol. The Hall–Kier alpha value is -1.98. The van der Waals surface area contributed by atoms with E-state index < -0.39 is 0 Å². The second-order valence-electron chi connectivity index (χ2n) is 7.20. The van der Waals surface area contributed by atoms with Gasteiger partial charge in [-0.3, -0.25) is 4.79 Å². The van der Waals surface area contributed by atoms with Crippen molar-refractivity contribution >= 4 is 11.9 Å². The van der Waals surface area contributed by atoms with Gasteiger partial charge in [0.15, 0.2) is 0 Å². The molecule has 1 aromatic rings. The number of rotatable bonds is 5. The summed E-state index contributed by atoms with van der Waals surface area (Å²) in [6, 6.07) is 2.21. The molecule has 25 heavy (non-hydrogen) atoms. The van der Waals surface area contributed by atoms with Gasteiger partial charge in [0.05, 0.1) is 18.4 Å². The minimum Gasteiger partial charge on any atom is -0.472 e. The third-order valence-electron chi connectivity index (χ3n) is 5.39. The van der Waals surface area contributed by atoms with Crippen LogP contribution in [0.15, 0.2) is 23.0 Å². The molecule has 3 amide bonds. The maximum absolute atomic E-state index is 12.9. The van der Waals surface area contributed by atoms with Crippen molar-refractivity contribution in [1.82, 2.24) is 15.1 Å². The highest BCUT2D eigenvalue weighted by Gasteiger charge is 2.31. The number of nitrogens with one attached hydrogen (secondary N) is 1. The van der Waals surface area contributed by atoms with Crippen LogP contribution in [0, 0.1) is 5.92 Å². The monoisotopic (exact) mass is 347 g/mol. The van der Waals surface area contributed by atoms with Gasteiger partial charge < -0.3 is 19.5 Å². The van der Waals surface area contributed by atoms with Crippen molar-refractivity contribution in [3.05, 3.63) is 24.2 Å². The molecule has 2 heterocycles. The number of amides is 3. The Morgan fingerprint density at radius 1 is 1.28 bits per heavy atom. The molecular formula is C19H29N3O3. The number of piperidine rings is 1. The third kappa shape index (κ3) is 4.55. The molecule has 1 saturated carbocycles. The molecule has 0 spiro atoms. The minimum absolute atomic E-state index is 0.00211. The SMILES string of the molecule is CCN(Cc1ccoc1)C(=O)C1CCCN(C(=O)NC2CCCC2)C1. The number of urea groups is 1. The van der Waals surface area contributed by atoms with Crippen molar-refractivity contribution in [1.29, 1.82) is 0 Å². The molecule has 1 unspecified atom stereocenters. The van der Waals surface area contributed by atoms with Crippen molar-refractivity contribution in [3.63, 3.8) is 0 Å². The molecule has 138 valence electrons. The molecule has 1 atom stereocenters. The number of hydrogen-bond acceptors (Lipinski definition) is 3. The predicted molar refractivity (Wildman–Crippen MR) is 94.9 cm³/mol. The van der Waals surface area contributed by atoms with Crippen LogP contribution in [-0.4, -0.2) is 47.4 Å². The van der Waals surface area contributed by atoms with Gasteiger partial charge in [-0.1, -0.05) is 12.8 Å². The first-order valence-corrected chi connectivity index (χ1v) is 9.52. The van der Waals surface area contributed by atoms with Crippen LogP contribution in [0.4, 0.5) is 4.79 Å². The zero-order valence-corrected chi connectivity index (χ0v) is 15.1. The lowest BCUT2D eigenvalue weighted by atomic mass is 9.96. The van der Waals surface area contributed by atoms with Crippen molar-refractivity contribution in [2.24, 2.45) is 5.92 Å². The zero-order valence-electron chi connectivity index (χ0n) is 15.1. The van der Waals surface area contributed by atoms with Crippen LogP contribution >= 0.6 is 0 Å². The topological polar surface area (TPSA) is 65.8 Å². The van der Waals surface area contributed by atoms with Crippen LogP contribution in [0.25, 0.3) is 0 Å². The Labute approximate surface area is 149 Å². The summed E-state index contributed by atoms with van der Waals surface area (Å²) in [6.07, 6.45) is 9.61. The fraction of sp³-hybridized carbons (Fsp3) is 0.684. The summed E-state index contributed by atoms with van der Waals surface area (Å²) >= 11 is 0. The van der Waals surface area contributed by atoms with Crippen molar-refractivity contribution in [2.45, 2.75) is 58.0 Å². The van der Waals surface area contributed by atoms with E-state index in [4.69, 9.17) is 4.42 Å². The van der Waals surface area contributed by atoms with Crippen LogP contribution in [-0.2, 0) is 11.3 Å². The normalized spacial score (nSPS) is 21.3. The number of carbonyl (C=O) groups excluding carboxylic acids is 2. The van der Waals surface area contributed by atoms with E-state index in [1.165, 1.54) is 12.8 Å². The molecule has 1 saturated heterocycles. The van der Waals surface area contributed by atoms with E-state index in [2.05, 4.69) is 5.32 Å². The summed E-state index contributed by atoms with van der Waals surface area (Å²) in [4.78, 5) is 29.1. The van der Waals surface area contributed by atoms with Gasteiger partial charge in [0.2, 0.25) is 5.91 Å². The lowest BCUT2D eigenvalue weighted by Gasteiger charge is -2.35. The summed E-state index contributed by atoms with van der Waals surface area (Å²) in [5.41, 5.74) is 1.00. The van der Waals surface area contributed by atoms with Gasteiger partial charge in [0.25, 0.3) is 0 Å². The van der Waals surface area contributed by atoms with Gasteiger partial charge in [-0.2, -0.15) is 0 Å². The summed E-state index contributed by atoms with van der Waals surface area (Å²) in [5, 5.41) is 3.14. The van der Waals surface area contributed by atoms with Gasteiger partial charge in [-0.25, -0.2) is 4.79 Å². The molecule has 1 aromatic heterocycles. The van der Waals surface area contributed by atoms with Gasteiger partial charge in [-0.15, -0.1) is 0 Å². The summed E-state index contributed by atoms with van der Waals surface area (Å²) < 4.78 is 5.10. The Morgan fingerprint density at radius 3 is 2.76 bits per heavy atom. The summed E-state index contributed by atoms with van der Waals surface area (Å²) in [5.74, 6) is 0.0389. The number of hydrogen-bond donors (Lipinski definition) is 1. The summed E-state index contributed by atoms with van der Waals surface area (Å²) in [6.45, 7) is 4.49. The fourth-order valence-electron chi connectivity index (χ4n) is 3.91. The molecule has 0 aromatic carbocycles. The fourth-order valence-corrected chi connectivity index (χ4v) is 3.91. The lowest BCUT2D eigenvalue weighted by Crippen LogP contribution is -2.51. The maximum atomic E-state index is 12.9. The van der Waals surface area contributed by atoms with E-state index in [0.717, 1.165) is 37.8 Å². The average Bonchev–Trinajstić information content (AvgIpc) is 3.33. The van der Waals surface area contributed by atoms with Crippen LogP contribution in [0.1, 0.15) is 51.0 Å². The molecule has 2 fully saturated rings. The molecule has 0 radical (unpaired) electrons. The van der Waals surface area contributed by atoms with Crippen LogP contribution < -0.4 is 5.32 Å². The van der Waals surface area contributed by atoms with E-state index in [9.17, 15) is 9.59 Å². The smallest absolute Gasteiger partial charge is 0.317 e. The first-order chi connectivity index (χ1) is 12.2. The minimum atomic E-state index is -0.102. The van der Waals surface area contributed by atoms with E-state index in [1.54, 1.807) is 12.5 Å². The molecule has 1 aliphatic heterocycles. The lowest BCUT2D eigenvalue weighted by molar-refractivity contribution is -0.137. The zero-order chi connectivity index (χ0) is 17.6. The van der Waals surface area contributed by atoms with Gasteiger partial charge in [-0.05, 0) is 38.7 Å². The Balaban J connectivity index is 1.55. The van der Waals surface area contributed by atoms with E-state index in [1.807, 2.05) is 22.8 Å². The third-order valence-corrected chi connectivity index (χ3v) is 5.39. The van der Waals surface area contributed by atoms with E-state index in [-0.39, 0.29) is 17.9 Å². The van der Waals surface area contributed by atoms with Gasteiger partial charge in [0, 0.05) is 37.8 Å². The standard InChI is InChI=1S/C19H29N3O3/c1-2-21(12-15-9-11-25-14-15)18(23)16-6-5-10-22(13-16)19(24)20-17-7-3-4-8-17/h9,11,14,16-17H,2-8,10,12-13H2,1H3,(H,20,24). The first-order valence-electron chi connectivity index (χ1n) is 9.52. The van der Waals surface area contributed by atoms with E-state index >= 15 is 0 Å². The number of nitrogens with zero attached hydrogens (tertiary/aromatic N) is 2. The second-order valence-corrected chi connectivity index (χ2v) is 7.20. The quantitative estimate of drug-likeness (QED) is 0.890. The molecule has 2 aliphatic rings. The predicted octanol–water partition coefficient (Wildman–Crippen LogP) is 2.99. The number of furan rings is 1. The Kier molecular flexibility index (Phi) is 6.00. The first kappa shape index (κ1) is 17.8.